The molecule has 1 aliphatic rings. The smallest absolute Gasteiger partial charge is 0.283 e. The minimum atomic E-state index is -0.230. The molecule has 174 valence electrons. The zero-order valence-electron chi connectivity index (χ0n) is 18.7. The van der Waals surface area contributed by atoms with Gasteiger partial charge in [0, 0.05) is 11.8 Å². The van der Waals surface area contributed by atoms with Crippen molar-refractivity contribution in [2.45, 2.75) is 0 Å². The fourth-order valence-electron chi connectivity index (χ4n) is 3.28. The average molecular weight is 495 g/mol. The van der Waals surface area contributed by atoms with Crippen LogP contribution in [0.2, 0.25) is 5.02 Å². The number of amides is 1. The lowest BCUT2D eigenvalue weighted by molar-refractivity contribution is -0.113. The van der Waals surface area contributed by atoms with Gasteiger partial charge in [-0.2, -0.15) is 0 Å². The molecule has 0 spiro atoms. The highest BCUT2D eigenvalue weighted by atomic mass is 35.5. The molecule has 4 rings (SSSR count). The normalized spacial score (nSPS) is 14.3. The van der Waals surface area contributed by atoms with E-state index in [4.69, 9.17) is 25.8 Å². The van der Waals surface area contributed by atoms with Gasteiger partial charge in [-0.3, -0.25) is 9.69 Å². The van der Waals surface area contributed by atoms with Crippen molar-refractivity contribution in [1.29, 1.82) is 0 Å². The summed E-state index contributed by atoms with van der Waals surface area (Å²) in [6, 6.07) is 22.2. The van der Waals surface area contributed by atoms with Crippen LogP contribution in [0, 0.1) is 0 Å². The molecule has 6 nitrogen and oxygen atoms in total. The van der Waals surface area contributed by atoms with Crippen molar-refractivity contribution >= 4 is 46.2 Å². The molecule has 3 aromatic carbocycles. The number of ether oxygens (including phenoxy) is 3. The summed E-state index contributed by atoms with van der Waals surface area (Å²) in [7, 11) is 3.15. The Balaban J connectivity index is 1.57. The van der Waals surface area contributed by atoms with Crippen LogP contribution in [0.5, 0.6) is 17.2 Å². The molecule has 0 saturated heterocycles. The summed E-state index contributed by atoms with van der Waals surface area (Å²) in [6.45, 7) is 0.469. The minimum absolute atomic E-state index is 0.230. The van der Waals surface area contributed by atoms with Crippen molar-refractivity contribution < 1.29 is 19.0 Å². The first-order valence-electron chi connectivity index (χ1n) is 10.5. The molecular weight excluding hydrogens is 472 g/mol. The lowest BCUT2D eigenvalue weighted by atomic mass is 10.2. The number of hydrogen-bond acceptors (Lipinski definition) is 6. The van der Waals surface area contributed by atoms with E-state index in [9.17, 15) is 4.79 Å². The maximum Gasteiger partial charge on any atom is 0.283 e. The molecule has 0 saturated carbocycles. The van der Waals surface area contributed by atoms with Crippen molar-refractivity contribution in [3.05, 3.63) is 89.1 Å². The Morgan fingerprint density at radius 1 is 0.971 bits per heavy atom. The van der Waals surface area contributed by atoms with Gasteiger partial charge in [-0.15, -0.1) is 0 Å². The Labute approximate surface area is 207 Å². The van der Waals surface area contributed by atoms with Crippen LogP contribution in [0.25, 0.3) is 6.08 Å². The highest BCUT2D eigenvalue weighted by Gasteiger charge is 2.32. The SMILES string of the molecule is COc1ccc(C=C2N=C(SCCOc3ccccc3)N(c3ccc(Cl)c(OC)c3)C2=O)cc1. The van der Waals surface area contributed by atoms with Gasteiger partial charge in [0.1, 0.15) is 22.9 Å². The molecule has 0 atom stereocenters. The Hall–Kier alpha value is -3.42. The van der Waals surface area contributed by atoms with Crippen LogP contribution >= 0.6 is 23.4 Å². The van der Waals surface area contributed by atoms with Crippen LogP contribution in [-0.4, -0.2) is 37.7 Å². The number of methoxy groups -OCH3 is 2. The van der Waals surface area contributed by atoms with Crippen LogP contribution in [0.3, 0.4) is 0 Å². The number of anilines is 1. The molecule has 0 N–H and O–H groups in total. The molecule has 0 aromatic heterocycles. The topological polar surface area (TPSA) is 60.4 Å². The van der Waals surface area contributed by atoms with E-state index in [0.717, 1.165) is 17.1 Å². The largest absolute Gasteiger partial charge is 0.497 e. The third kappa shape index (κ3) is 5.55. The van der Waals surface area contributed by atoms with E-state index >= 15 is 0 Å². The van der Waals surface area contributed by atoms with Crippen LogP contribution in [0.1, 0.15) is 5.56 Å². The summed E-state index contributed by atoms with van der Waals surface area (Å²) in [5.74, 6) is 2.40. The number of aliphatic imine (C=N–C) groups is 1. The van der Waals surface area contributed by atoms with Crippen LogP contribution in [-0.2, 0) is 4.79 Å². The second kappa shape index (κ2) is 11.1. The van der Waals surface area contributed by atoms with Crippen LogP contribution in [0.15, 0.2) is 83.5 Å². The first-order valence-corrected chi connectivity index (χ1v) is 11.9. The number of para-hydroxylation sites is 1. The third-order valence-electron chi connectivity index (χ3n) is 4.97. The second-order valence-corrected chi connectivity index (χ2v) is 8.64. The predicted molar refractivity (Wildman–Crippen MR) is 138 cm³/mol. The molecule has 8 heteroatoms. The van der Waals surface area contributed by atoms with Gasteiger partial charge in [0.15, 0.2) is 5.17 Å². The van der Waals surface area contributed by atoms with E-state index in [1.165, 1.54) is 18.9 Å². The highest BCUT2D eigenvalue weighted by Crippen LogP contribution is 2.34. The van der Waals surface area contributed by atoms with E-state index in [1.54, 1.807) is 36.3 Å². The van der Waals surface area contributed by atoms with Crippen LogP contribution < -0.4 is 19.1 Å². The Kier molecular flexibility index (Phi) is 7.77. The fraction of sp³-hybridized carbons (Fsp3) is 0.154. The molecule has 1 heterocycles. The predicted octanol–water partition coefficient (Wildman–Crippen LogP) is 5.91. The lowest BCUT2D eigenvalue weighted by Crippen LogP contribution is -2.30. The molecule has 0 bridgehead atoms. The van der Waals surface area contributed by atoms with E-state index < -0.39 is 0 Å². The molecule has 3 aromatic rings. The molecule has 0 unspecified atom stereocenters. The molecule has 1 aliphatic heterocycles. The fourth-order valence-corrected chi connectivity index (χ4v) is 4.30. The monoisotopic (exact) mass is 494 g/mol. The van der Waals surface area contributed by atoms with Crippen molar-refractivity contribution in [3.8, 4) is 17.2 Å². The van der Waals surface area contributed by atoms with E-state index in [-0.39, 0.29) is 5.91 Å². The Bertz CT molecular complexity index is 1210. The third-order valence-corrected chi connectivity index (χ3v) is 6.18. The quantitative estimate of drug-likeness (QED) is 0.287. The summed E-state index contributed by atoms with van der Waals surface area (Å²) < 4.78 is 16.3. The number of hydrogen-bond donors (Lipinski definition) is 0. The number of halogens is 1. The van der Waals surface area contributed by atoms with E-state index in [1.807, 2.05) is 54.6 Å². The van der Waals surface area contributed by atoms with Gasteiger partial charge in [-0.1, -0.05) is 53.7 Å². The zero-order chi connectivity index (χ0) is 23.9. The Morgan fingerprint density at radius 2 is 1.74 bits per heavy atom. The summed E-state index contributed by atoms with van der Waals surface area (Å²) in [4.78, 5) is 19.6. The number of amidine groups is 1. The molecule has 34 heavy (non-hydrogen) atoms. The van der Waals surface area contributed by atoms with Gasteiger partial charge in [-0.05, 0) is 48.0 Å². The van der Waals surface area contributed by atoms with Crippen molar-refractivity contribution in [2.24, 2.45) is 4.99 Å². The molecule has 0 aliphatic carbocycles. The molecule has 0 radical (unpaired) electrons. The van der Waals surface area contributed by atoms with Gasteiger partial charge in [-0.25, -0.2) is 4.99 Å². The number of carbonyl (C=O) groups excluding carboxylic acids is 1. The van der Waals surface area contributed by atoms with Gasteiger partial charge >= 0.3 is 0 Å². The van der Waals surface area contributed by atoms with Crippen molar-refractivity contribution in [3.63, 3.8) is 0 Å². The summed E-state index contributed by atoms with van der Waals surface area (Å²) in [5, 5.41) is 1.03. The number of carbonyl (C=O) groups is 1. The zero-order valence-corrected chi connectivity index (χ0v) is 20.3. The maximum absolute atomic E-state index is 13.4. The van der Waals surface area contributed by atoms with Crippen molar-refractivity contribution in [1.82, 2.24) is 0 Å². The summed E-state index contributed by atoms with van der Waals surface area (Å²) >= 11 is 7.64. The number of benzene rings is 3. The van der Waals surface area contributed by atoms with Gasteiger partial charge in [0.2, 0.25) is 0 Å². The Morgan fingerprint density at radius 3 is 2.44 bits per heavy atom. The minimum Gasteiger partial charge on any atom is -0.497 e. The highest BCUT2D eigenvalue weighted by molar-refractivity contribution is 8.14. The number of thioether (sulfide) groups is 1. The van der Waals surface area contributed by atoms with E-state index in [2.05, 4.69) is 4.99 Å². The van der Waals surface area contributed by atoms with Gasteiger partial charge in [0.05, 0.1) is 31.5 Å². The average Bonchev–Trinajstić information content (AvgIpc) is 3.18. The first kappa shape index (κ1) is 23.7. The van der Waals surface area contributed by atoms with E-state index in [0.29, 0.717) is 39.7 Å². The summed E-state index contributed by atoms with van der Waals surface area (Å²) in [6.07, 6.45) is 1.76. The standard InChI is InChI=1S/C26H23ClN2O4S/c1-31-20-11-8-18(9-12-20)16-23-25(30)29(19-10-13-22(27)24(17-19)32-2)26(28-23)34-15-14-33-21-6-4-3-5-7-21/h3-13,16-17H,14-15H2,1-2H3. The lowest BCUT2D eigenvalue weighted by Gasteiger charge is -2.19. The molecular formula is C26H23ClN2O4S. The molecule has 0 fully saturated rings. The van der Waals surface area contributed by atoms with Gasteiger partial charge in [0.25, 0.3) is 5.91 Å². The van der Waals surface area contributed by atoms with Crippen molar-refractivity contribution in [2.75, 3.05) is 31.5 Å². The summed E-state index contributed by atoms with van der Waals surface area (Å²) in [5.41, 5.74) is 1.81. The second-order valence-electron chi connectivity index (χ2n) is 7.17. The van der Waals surface area contributed by atoms with Gasteiger partial charge < -0.3 is 14.2 Å². The number of nitrogens with zero attached hydrogens (tertiary/aromatic N) is 2. The number of rotatable bonds is 8. The maximum atomic E-state index is 13.4. The first-order chi connectivity index (χ1) is 16.6. The molecule has 1 amide bonds. The van der Waals surface area contributed by atoms with Crippen LogP contribution in [0.4, 0.5) is 5.69 Å².